The van der Waals surface area contributed by atoms with Crippen molar-refractivity contribution in [2.24, 2.45) is 0 Å². The number of rotatable bonds is 6. The van der Waals surface area contributed by atoms with E-state index in [1.165, 1.54) is 18.0 Å². The molecule has 4 rings (SSSR count). The van der Waals surface area contributed by atoms with E-state index in [9.17, 15) is 14.4 Å². The Morgan fingerprint density at radius 3 is 2.50 bits per heavy atom. The number of nitrogens with zero attached hydrogens (tertiary/aromatic N) is 1. The third-order valence-electron chi connectivity index (χ3n) is 5.10. The molecule has 4 aromatic rings. The first-order chi connectivity index (χ1) is 14.5. The number of aromatic nitrogens is 2. The Morgan fingerprint density at radius 2 is 1.70 bits per heavy atom. The monoisotopic (exact) mass is 403 g/mol. The summed E-state index contributed by atoms with van der Waals surface area (Å²) in [5.74, 6) is -1.52. The molecular formula is C23H21N3O4. The van der Waals surface area contributed by atoms with Gasteiger partial charge in [0.25, 0.3) is 11.7 Å². The molecule has 0 fully saturated rings. The molecule has 0 radical (unpaired) electrons. The Morgan fingerprint density at radius 1 is 0.967 bits per heavy atom. The van der Waals surface area contributed by atoms with E-state index >= 15 is 0 Å². The summed E-state index contributed by atoms with van der Waals surface area (Å²) in [5.41, 5.74) is 2.92. The number of fused-ring (bicyclic) bond motifs is 2. The van der Waals surface area contributed by atoms with Crippen LogP contribution in [0.1, 0.15) is 22.8 Å². The Hall–Kier alpha value is -3.87. The topological polar surface area (TPSA) is 95.3 Å². The number of amides is 1. The first-order valence-electron chi connectivity index (χ1n) is 9.59. The van der Waals surface area contributed by atoms with E-state index in [2.05, 4.69) is 9.97 Å². The number of hydrogen-bond donors (Lipinski definition) is 2. The minimum Gasteiger partial charge on any atom is -0.426 e. The van der Waals surface area contributed by atoms with Gasteiger partial charge in [0.2, 0.25) is 0 Å². The molecule has 152 valence electrons. The largest absolute Gasteiger partial charge is 0.426 e. The van der Waals surface area contributed by atoms with E-state index in [-0.39, 0.29) is 11.3 Å². The van der Waals surface area contributed by atoms with Gasteiger partial charge in [0.05, 0.1) is 10.9 Å². The summed E-state index contributed by atoms with van der Waals surface area (Å²) < 4.78 is 5.21. The Bertz CT molecular complexity index is 1270. The fourth-order valence-electron chi connectivity index (χ4n) is 3.59. The van der Waals surface area contributed by atoms with Crippen molar-refractivity contribution >= 4 is 39.5 Å². The van der Waals surface area contributed by atoms with E-state index in [1.54, 1.807) is 25.2 Å². The highest BCUT2D eigenvalue weighted by atomic mass is 16.5. The maximum atomic E-state index is 12.9. The summed E-state index contributed by atoms with van der Waals surface area (Å²) in [7, 11) is 1.61. The number of hydrogen-bond acceptors (Lipinski definition) is 4. The number of para-hydroxylation sites is 1. The summed E-state index contributed by atoms with van der Waals surface area (Å²) in [4.78, 5) is 44.7. The molecule has 0 spiro atoms. The Kier molecular flexibility index (Phi) is 5.10. The van der Waals surface area contributed by atoms with Crippen LogP contribution < -0.4 is 4.74 Å². The quantitative estimate of drug-likeness (QED) is 0.223. The highest BCUT2D eigenvalue weighted by Gasteiger charge is 2.25. The van der Waals surface area contributed by atoms with Gasteiger partial charge in [-0.3, -0.25) is 14.4 Å². The van der Waals surface area contributed by atoms with Crippen molar-refractivity contribution in [3.63, 3.8) is 0 Å². The van der Waals surface area contributed by atoms with Gasteiger partial charge in [-0.25, -0.2) is 0 Å². The molecule has 0 saturated carbocycles. The maximum absolute atomic E-state index is 12.9. The number of carbonyl (C=O) groups excluding carboxylic acids is 3. The van der Waals surface area contributed by atoms with Crippen LogP contribution in [0, 0.1) is 0 Å². The lowest BCUT2D eigenvalue weighted by molar-refractivity contribution is -0.131. The third-order valence-corrected chi connectivity index (χ3v) is 5.10. The van der Waals surface area contributed by atoms with E-state index < -0.39 is 17.7 Å². The SMILES string of the molecule is CC(=O)Oc1cccc2[nH]cc(C(=O)C(=O)N(C)CCc3c[nH]c4ccccc34)c12. The van der Waals surface area contributed by atoms with Crippen molar-refractivity contribution in [2.75, 3.05) is 13.6 Å². The lowest BCUT2D eigenvalue weighted by atomic mass is 10.1. The standard InChI is InChI=1S/C23H21N3O4/c1-14(27)30-20-9-5-8-19-21(20)17(13-25-19)22(28)23(29)26(2)11-10-15-12-24-18-7-4-3-6-16(15)18/h3-9,12-13,24-25H,10-11H2,1-2H3. The molecule has 0 aliphatic carbocycles. The molecular weight excluding hydrogens is 382 g/mol. The number of ketones is 1. The molecule has 1 amide bonds. The second-order valence-electron chi connectivity index (χ2n) is 7.14. The lowest BCUT2D eigenvalue weighted by Crippen LogP contribution is -2.34. The Balaban J connectivity index is 1.53. The van der Waals surface area contributed by atoms with Crippen molar-refractivity contribution in [1.29, 1.82) is 0 Å². The van der Waals surface area contributed by atoms with Crippen LogP contribution >= 0.6 is 0 Å². The Labute approximate surface area is 172 Å². The summed E-state index contributed by atoms with van der Waals surface area (Å²) >= 11 is 0. The molecule has 2 aromatic heterocycles. The third kappa shape index (κ3) is 3.57. The van der Waals surface area contributed by atoms with Crippen LogP contribution in [0.3, 0.4) is 0 Å². The smallest absolute Gasteiger partial charge is 0.308 e. The van der Waals surface area contributed by atoms with Crippen LogP contribution in [0.4, 0.5) is 0 Å². The molecule has 7 heteroatoms. The van der Waals surface area contributed by atoms with Gasteiger partial charge in [-0.05, 0) is 30.2 Å². The van der Waals surface area contributed by atoms with Gasteiger partial charge in [-0.1, -0.05) is 24.3 Å². The molecule has 0 saturated heterocycles. The zero-order chi connectivity index (χ0) is 21.3. The predicted molar refractivity (Wildman–Crippen MR) is 114 cm³/mol. The number of benzene rings is 2. The van der Waals surface area contributed by atoms with Crippen molar-refractivity contribution in [3.05, 3.63) is 66.0 Å². The number of nitrogens with one attached hydrogen (secondary N) is 2. The minimum absolute atomic E-state index is 0.186. The van der Waals surface area contributed by atoms with Crippen LogP contribution in [0.5, 0.6) is 5.75 Å². The number of aromatic amines is 2. The number of carbonyl (C=O) groups is 3. The number of H-pyrrole nitrogens is 2. The van der Waals surface area contributed by atoms with Crippen LogP contribution in [0.15, 0.2) is 54.9 Å². The van der Waals surface area contributed by atoms with Crippen molar-refractivity contribution in [2.45, 2.75) is 13.3 Å². The number of likely N-dealkylation sites (N-methyl/N-ethyl adjacent to an activating group) is 1. The van der Waals surface area contributed by atoms with Crippen LogP contribution in [0.2, 0.25) is 0 Å². The van der Waals surface area contributed by atoms with Gasteiger partial charge in [0.15, 0.2) is 0 Å². The second-order valence-corrected chi connectivity index (χ2v) is 7.14. The highest BCUT2D eigenvalue weighted by Crippen LogP contribution is 2.29. The van der Waals surface area contributed by atoms with Gasteiger partial charge >= 0.3 is 5.97 Å². The van der Waals surface area contributed by atoms with Crippen molar-refractivity contribution in [1.82, 2.24) is 14.9 Å². The predicted octanol–water partition coefficient (Wildman–Crippen LogP) is 3.46. The van der Waals surface area contributed by atoms with Gasteiger partial charge in [0, 0.05) is 49.3 Å². The van der Waals surface area contributed by atoms with Crippen LogP contribution in [-0.4, -0.2) is 46.1 Å². The molecule has 0 aliphatic rings. The fourth-order valence-corrected chi connectivity index (χ4v) is 3.59. The van der Waals surface area contributed by atoms with Crippen LogP contribution in [-0.2, 0) is 16.0 Å². The van der Waals surface area contributed by atoms with E-state index in [0.717, 1.165) is 16.5 Å². The first kappa shape index (κ1) is 19.4. The molecule has 0 bridgehead atoms. The summed E-state index contributed by atoms with van der Waals surface area (Å²) in [6, 6.07) is 13.0. The van der Waals surface area contributed by atoms with Gasteiger partial charge in [-0.15, -0.1) is 0 Å². The normalized spacial score (nSPS) is 11.0. The first-order valence-corrected chi connectivity index (χ1v) is 9.59. The number of ether oxygens (including phenoxy) is 1. The minimum atomic E-state index is -0.651. The molecule has 2 heterocycles. The van der Waals surface area contributed by atoms with Crippen LogP contribution in [0.25, 0.3) is 21.8 Å². The molecule has 2 N–H and O–H groups in total. The van der Waals surface area contributed by atoms with E-state index in [0.29, 0.717) is 23.9 Å². The zero-order valence-electron chi connectivity index (χ0n) is 16.7. The molecule has 0 aliphatic heterocycles. The fraction of sp³-hybridized carbons (Fsp3) is 0.174. The van der Waals surface area contributed by atoms with Gasteiger partial charge in [-0.2, -0.15) is 0 Å². The summed E-state index contributed by atoms with van der Waals surface area (Å²) in [6.07, 6.45) is 4.02. The second kappa shape index (κ2) is 7.87. The summed E-state index contributed by atoms with van der Waals surface area (Å²) in [5, 5.41) is 1.53. The van der Waals surface area contributed by atoms with Crippen molar-refractivity contribution in [3.8, 4) is 5.75 Å². The van der Waals surface area contributed by atoms with Crippen molar-refractivity contribution < 1.29 is 19.1 Å². The molecule has 0 unspecified atom stereocenters. The maximum Gasteiger partial charge on any atom is 0.308 e. The van der Waals surface area contributed by atoms with Gasteiger partial charge in [0.1, 0.15) is 5.75 Å². The summed E-state index contributed by atoms with van der Waals surface area (Å²) in [6.45, 7) is 1.68. The van der Waals surface area contributed by atoms with E-state index in [4.69, 9.17) is 4.74 Å². The average Bonchev–Trinajstić information content (AvgIpc) is 3.35. The molecule has 2 aromatic carbocycles. The number of Topliss-reactive ketones (excluding diaryl/α,β-unsaturated/α-hetero) is 1. The molecule has 0 atom stereocenters. The zero-order valence-corrected chi connectivity index (χ0v) is 16.7. The number of esters is 1. The lowest BCUT2D eigenvalue weighted by Gasteiger charge is -2.16. The van der Waals surface area contributed by atoms with Gasteiger partial charge < -0.3 is 19.6 Å². The highest BCUT2D eigenvalue weighted by molar-refractivity contribution is 6.45. The molecule has 30 heavy (non-hydrogen) atoms. The average molecular weight is 403 g/mol. The van der Waals surface area contributed by atoms with E-state index in [1.807, 2.05) is 30.5 Å². The molecule has 7 nitrogen and oxygen atoms in total.